The Morgan fingerprint density at radius 3 is 2.93 bits per heavy atom. The third kappa shape index (κ3) is 1.84. The van der Waals surface area contributed by atoms with Crippen LogP contribution >= 0.6 is 34.2 Å². The summed E-state index contributed by atoms with van der Waals surface area (Å²) in [7, 11) is 0. The fourth-order valence-electron chi connectivity index (χ4n) is 1.01. The minimum absolute atomic E-state index is 0.203. The highest BCUT2D eigenvalue weighted by Crippen LogP contribution is 2.18. The molecule has 2 aromatic heterocycles. The second kappa shape index (κ2) is 3.81. The smallest absolute Gasteiger partial charge is 0.266 e. The second-order valence-electron chi connectivity index (χ2n) is 2.68. The molecule has 0 saturated heterocycles. The number of aromatic nitrogens is 4. The monoisotopic (exact) mass is 337 g/mol. The molecule has 0 fully saturated rings. The number of hydrogen-bond acceptors (Lipinski definition) is 4. The van der Waals surface area contributed by atoms with Gasteiger partial charge in [0.05, 0.1) is 12.5 Å². The molecule has 6 nitrogen and oxygen atoms in total. The van der Waals surface area contributed by atoms with Crippen molar-refractivity contribution in [3.05, 3.63) is 31.5 Å². The van der Waals surface area contributed by atoms with Gasteiger partial charge >= 0.3 is 0 Å². The average Bonchev–Trinajstić information content (AvgIpc) is 2.51. The lowest BCUT2D eigenvalue weighted by Crippen LogP contribution is -2.15. The lowest BCUT2D eigenvalue weighted by molar-refractivity contribution is 0.831. The summed E-state index contributed by atoms with van der Waals surface area (Å²) in [6.07, 6.45) is 2.80. The Morgan fingerprint density at radius 1 is 1.60 bits per heavy atom. The summed E-state index contributed by atoms with van der Waals surface area (Å²) in [5.74, 6) is 0.604. The zero-order chi connectivity index (χ0) is 11.0. The number of nitrogen functional groups attached to an aromatic ring is 1. The molecule has 0 saturated carbocycles. The van der Waals surface area contributed by atoms with Crippen LogP contribution in [0.25, 0.3) is 5.82 Å². The van der Waals surface area contributed by atoms with E-state index in [1.807, 2.05) is 22.6 Å². The molecule has 0 radical (unpaired) electrons. The van der Waals surface area contributed by atoms with E-state index < -0.39 is 0 Å². The highest BCUT2D eigenvalue weighted by atomic mass is 127. The quantitative estimate of drug-likeness (QED) is 0.753. The Morgan fingerprint density at radius 2 is 2.33 bits per heavy atom. The van der Waals surface area contributed by atoms with Gasteiger partial charge in [0, 0.05) is 0 Å². The largest absolute Gasteiger partial charge is 0.381 e. The molecule has 0 spiro atoms. The van der Waals surface area contributed by atoms with Crippen LogP contribution in [0.1, 0.15) is 0 Å². The number of hydrogen-bond donors (Lipinski definition) is 2. The normalized spacial score (nSPS) is 10.5. The van der Waals surface area contributed by atoms with Gasteiger partial charge < -0.3 is 10.7 Å². The summed E-state index contributed by atoms with van der Waals surface area (Å²) in [6.45, 7) is 0. The van der Waals surface area contributed by atoms with Gasteiger partial charge in [0.15, 0.2) is 11.6 Å². The van der Waals surface area contributed by atoms with Crippen molar-refractivity contribution in [2.45, 2.75) is 0 Å². The first-order chi connectivity index (χ1) is 7.09. The minimum Gasteiger partial charge on any atom is -0.381 e. The summed E-state index contributed by atoms with van der Waals surface area (Å²) in [5.41, 5.74) is 5.26. The summed E-state index contributed by atoms with van der Waals surface area (Å²) >= 11 is 7.63. The van der Waals surface area contributed by atoms with E-state index in [0.29, 0.717) is 14.4 Å². The lowest BCUT2D eigenvalue weighted by Gasteiger charge is -2.00. The van der Waals surface area contributed by atoms with Crippen LogP contribution in [-0.2, 0) is 0 Å². The fourth-order valence-corrected chi connectivity index (χ4v) is 1.68. The summed E-state index contributed by atoms with van der Waals surface area (Å²) in [4.78, 5) is 17.7. The van der Waals surface area contributed by atoms with Gasteiger partial charge in [0.2, 0.25) is 0 Å². The molecule has 2 aromatic rings. The molecule has 0 aliphatic carbocycles. The number of nitrogens with zero attached hydrogens (tertiary/aromatic N) is 3. The van der Waals surface area contributed by atoms with E-state index in [1.54, 1.807) is 0 Å². The Hall–Kier alpha value is -1.09. The number of H-pyrrole nitrogens is 1. The van der Waals surface area contributed by atoms with Gasteiger partial charge in [-0.25, -0.2) is 9.67 Å². The molecule has 8 heteroatoms. The topological polar surface area (TPSA) is 89.6 Å². The number of anilines is 1. The average molecular weight is 338 g/mol. The van der Waals surface area contributed by atoms with Gasteiger partial charge in [-0.05, 0) is 22.6 Å². The first-order valence-corrected chi connectivity index (χ1v) is 5.29. The molecule has 0 aliphatic heterocycles. The van der Waals surface area contributed by atoms with Crippen LogP contribution in [0.3, 0.4) is 0 Å². The first kappa shape index (κ1) is 10.4. The van der Waals surface area contributed by atoms with Crippen LogP contribution in [0, 0.1) is 3.57 Å². The predicted octanol–water partition coefficient (Wildman–Crippen LogP) is 0.796. The van der Waals surface area contributed by atoms with Crippen LogP contribution < -0.4 is 11.3 Å². The fraction of sp³-hybridized carbons (Fsp3) is 0. The van der Waals surface area contributed by atoms with Gasteiger partial charge in [-0.3, -0.25) is 4.79 Å². The zero-order valence-electron chi connectivity index (χ0n) is 7.24. The standard InChI is InChI=1S/C7H5ClIN5O/c8-3-1-14(13-5(3)10)6-4(9)7(15)12-2-11-6/h1-2H,(H2,10,13)(H,11,12,15). The second-order valence-corrected chi connectivity index (χ2v) is 4.16. The Kier molecular flexibility index (Phi) is 2.65. The molecule has 0 aromatic carbocycles. The van der Waals surface area contributed by atoms with Crippen molar-refractivity contribution in [3.8, 4) is 5.82 Å². The van der Waals surface area contributed by atoms with Crippen molar-refractivity contribution < 1.29 is 0 Å². The number of halogens is 2. The minimum atomic E-state index is -0.231. The van der Waals surface area contributed by atoms with Crippen LogP contribution in [-0.4, -0.2) is 19.7 Å². The van der Waals surface area contributed by atoms with Crippen molar-refractivity contribution in [3.63, 3.8) is 0 Å². The highest BCUT2D eigenvalue weighted by molar-refractivity contribution is 14.1. The van der Waals surface area contributed by atoms with Crippen molar-refractivity contribution in [1.29, 1.82) is 0 Å². The van der Waals surface area contributed by atoms with Crippen molar-refractivity contribution in [2.75, 3.05) is 5.73 Å². The van der Waals surface area contributed by atoms with Gasteiger partial charge in [-0.2, -0.15) is 0 Å². The lowest BCUT2D eigenvalue weighted by atomic mass is 10.6. The summed E-state index contributed by atoms with van der Waals surface area (Å²) < 4.78 is 1.79. The summed E-state index contributed by atoms with van der Waals surface area (Å²) in [6, 6.07) is 0. The number of nitrogens with one attached hydrogen (secondary N) is 1. The maximum Gasteiger partial charge on any atom is 0.266 e. The SMILES string of the molecule is Nc1nn(-c2nc[nH]c(=O)c2I)cc1Cl. The van der Waals surface area contributed by atoms with Crippen molar-refractivity contribution in [1.82, 2.24) is 19.7 Å². The first-order valence-electron chi connectivity index (χ1n) is 3.84. The number of aromatic amines is 1. The van der Waals surface area contributed by atoms with Crippen LogP contribution in [0.5, 0.6) is 0 Å². The zero-order valence-corrected chi connectivity index (χ0v) is 10.2. The van der Waals surface area contributed by atoms with Gasteiger partial charge in [-0.15, -0.1) is 5.10 Å². The van der Waals surface area contributed by atoms with Crippen molar-refractivity contribution in [2.24, 2.45) is 0 Å². The van der Waals surface area contributed by atoms with E-state index in [1.165, 1.54) is 17.2 Å². The molecule has 0 atom stereocenters. The molecular formula is C7H5ClIN5O. The Balaban J connectivity index is 2.64. The molecular weight excluding hydrogens is 332 g/mol. The molecule has 78 valence electrons. The van der Waals surface area contributed by atoms with Crippen LogP contribution in [0.15, 0.2) is 17.3 Å². The maximum atomic E-state index is 11.3. The molecule has 0 unspecified atom stereocenters. The molecule has 2 heterocycles. The van der Waals surface area contributed by atoms with Crippen LogP contribution in [0.2, 0.25) is 5.02 Å². The van der Waals surface area contributed by atoms with E-state index in [-0.39, 0.29) is 11.4 Å². The van der Waals surface area contributed by atoms with Gasteiger partial charge in [0.1, 0.15) is 8.59 Å². The summed E-state index contributed by atoms with van der Waals surface area (Å²) in [5, 5.41) is 4.25. The number of rotatable bonds is 1. The Bertz CT molecular complexity index is 543. The van der Waals surface area contributed by atoms with Crippen LogP contribution in [0.4, 0.5) is 5.82 Å². The van der Waals surface area contributed by atoms with Crippen molar-refractivity contribution >= 4 is 40.0 Å². The Labute approximate surface area is 103 Å². The van der Waals surface area contributed by atoms with Gasteiger partial charge in [0.25, 0.3) is 5.56 Å². The van der Waals surface area contributed by atoms with E-state index in [4.69, 9.17) is 17.3 Å². The highest BCUT2D eigenvalue weighted by Gasteiger charge is 2.10. The van der Waals surface area contributed by atoms with E-state index in [9.17, 15) is 4.79 Å². The third-order valence-electron chi connectivity index (χ3n) is 1.69. The maximum absolute atomic E-state index is 11.3. The molecule has 0 amide bonds. The molecule has 0 bridgehead atoms. The molecule has 15 heavy (non-hydrogen) atoms. The third-order valence-corrected chi connectivity index (χ3v) is 2.95. The van der Waals surface area contributed by atoms with E-state index in [2.05, 4.69) is 15.1 Å². The van der Waals surface area contributed by atoms with E-state index in [0.717, 1.165) is 0 Å². The molecule has 0 aliphatic rings. The predicted molar refractivity (Wildman–Crippen MR) is 64.1 cm³/mol. The molecule has 2 rings (SSSR count). The number of nitrogens with two attached hydrogens (primary N) is 1. The van der Waals surface area contributed by atoms with Gasteiger partial charge in [-0.1, -0.05) is 11.6 Å². The van der Waals surface area contributed by atoms with E-state index >= 15 is 0 Å². The molecule has 3 N–H and O–H groups in total.